The molecule has 1 N–H and O–H groups in total. The number of nitrogens with one attached hydrogen (secondary N) is 1. The lowest BCUT2D eigenvalue weighted by molar-refractivity contribution is -0.0587. The van der Waals surface area contributed by atoms with Crippen LogP contribution in [0.4, 0.5) is 0 Å². The van der Waals surface area contributed by atoms with Crippen LogP contribution in [0.25, 0.3) is 10.9 Å². The number of rotatable bonds is 2. The Bertz CT molecular complexity index is 1040. The van der Waals surface area contributed by atoms with Gasteiger partial charge >= 0.3 is 5.97 Å². The number of halogens is 1. The normalized spacial score (nSPS) is 13.4. The molecule has 25 heavy (non-hydrogen) atoms. The number of imide groups is 1. The molecule has 7 heteroatoms. The lowest BCUT2D eigenvalue weighted by Gasteiger charge is -2.11. The minimum atomic E-state index is -0.832. The molecule has 1 aromatic heterocycles. The minimum absolute atomic E-state index is 0.122. The molecule has 1 aliphatic rings. The summed E-state index contributed by atoms with van der Waals surface area (Å²) < 4.78 is 0. The van der Waals surface area contributed by atoms with Gasteiger partial charge in [0.25, 0.3) is 11.8 Å². The summed E-state index contributed by atoms with van der Waals surface area (Å²) >= 11 is 6.01. The van der Waals surface area contributed by atoms with Gasteiger partial charge in [-0.1, -0.05) is 28.8 Å². The van der Waals surface area contributed by atoms with Gasteiger partial charge in [-0.05, 0) is 42.8 Å². The molecule has 3 aromatic rings. The molecule has 0 fully saturated rings. The number of amides is 2. The number of aromatic amines is 1. The van der Waals surface area contributed by atoms with E-state index < -0.39 is 17.8 Å². The van der Waals surface area contributed by atoms with Crippen LogP contribution in [-0.2, 0) is 4.84 Å². The highest BCUT2D eigenvalue weighted by molar-refractivity contribution is 6.31. The van der Waals surface area contributed by atoms with E-state index in [1.54, 1.807) is 30.3 Å². The summed E-state index contributed by atoms with van der Waals surface area (Å²) in [7, 11) is 0. The summed E-state index contributed by atoms with van der Waals surface area (Å²) in [6.45, 7) is 1.86. The second-order valence-corrected chi connectivity index (χ2v) is 6.13. The molecule has 0 radical (unpaired) electrons. The first-order valence-electron chi connectivity index (χ1n) is 7.44. The average Bonchev–Trinajstić information content (AvgIpc) is 3.11. The first kappa shape index (κ1) is 15.4. The van der Waals surface area contributed by atoms with Crippen molar-refractivity contribution in [2.24, 2.45) is 0 Å². The lowest BCUT2D eigenvalue weighted by atomic mass is 10.1. The van der Waals surface area contributed by atoms with Crippen LogP contribution >= 0.6 is 11.6 Å². The number of benzene rings is 2. The van der Waals surface area contributed by atoms with Crippen LogP contribution in [0.3, 0.4) is 0 Å². The molecule has 0 spiro atoms. The van der Waals surface area contributed by atoms with Gasteiger partial charge in [-0.2, -0.15) is 0 Å². The Hall–Kier alpha value is -3.12. The van der Waals surface area contributed by atoms with E-state index in [4.69, 9.17) is 16.4 Å². The Balaban J connectivity index is 1.64. The van der Waals surface area contributed by atoms with E-state index in [2.05, 4.69) is 4.98 Å². The van der Waals surface area contributed by atoms with Gasteiger partial charge in [0, 0.05) is 15.9 Å². The number of hydroxylamine groups is 2. The smallest absolute Gasteiger partial charge is 0.349 e. The van der Waals surface area contributed by atoms with Crippen molar-refractivity contribution in [3.05, 3.63) is 69.9 Å². The van der Waals surface area contributed by atoms with Crippen molar-refractivity contribution in [2.75, 3.05) is 0 Å². The number of carbonyl (C=O) groups is 3. The lowest BCUT2D eigenvalue weighted by Crippen LogP contribution is -2.32. The highest BCUT2D eigenvalue weighted by Gasteiger charge is 2.39. The summed E-state index contributed by atoms with van der Waals surface area (Å²) in [5.74, 6) is -2.16. The van der Waals surface area contributed by atoms with Crippen LogP contribution in [0, 0.1) is 6.92 Å². The highest BCUT2D eigenvalue weighted by atomic mass is 35.5. The third-order valence-electron chi connectivity index (χ3n) is 4.06. The molecular weight excluding hydrogens is 344 g/mol. The van der Waals surface area contributed by atoms with E-state index in [1.807, 2.05) is 6.92 Å². The Morgan fingerprint density at radius 3 is 2.36 bits per heavy atom. The van der Waals surface area contributed by atoms with Crippen molar-refractivity contribution in [3.8, 4) is 0 Å². The molecule has 2 heterocycles. The average molecular weight is 355 g/mol. The maximum Gasteiger partial charge on any atom is 0.380 e. The van der Waals surface area contributed by atoms with Crippen LogP contribution in [-0.4, -0.2) is 27.8 Å². The van der Waals surface area contributed by atoms with E-state index in [-0.39, 0.29) is 16.8 Å². The zero-order chi connectivity index (χ0) is 17.7. The second kappa shape index (κ2) is 5.46. The number of hydrogen-bond donors (Lipinski definition) is 1. The topological polar surface area (TPSA) is 79.5 Å². The standard InChI is InChI=1S/C18H11ClN2O4/c1-9-6-10(19)7-14-13(9)8-15(20-14)18(24)25-21-16(22)11-4-2-3-5-12(11)17(21)23/h2-8,20H,1H3. The predicted octanol–water partition coefficient (Wildman–Crippen LogP) is 3.50. The zero-order valence-electron chi connectivity index (χ0n) is 13.0. The molecule has 0 saturated heterocycles. The molecule has 124 valence electrons. The van der Waals surface area contributed by atoms with Crippen molar-refractivity contribution < 1.29 is 19.2 Å². The fourth-order valence-electron chi connectivity index (χ4n) is 2.87. The SMILES string of the molecule is Cc1cc(Cl)cc2[nH]c(C(=O)ON3C(=O)c4ccccc4C3=O)cc12. The van der Waals surface area contributed by atoms with E-state index in [1.165, 1.54) is 12.1 Å². The van der Waals surface area contributed by atoms with E-state index >= 15 is 0 Å². The van der Waals surface area contributed by atoms with Gasteiger partial charge in [0.15, 0.2) is 0 Å². The van der Waals surface area contributed by atoms with Crippen LogP contribution in [0.2, 0.25) is 5.02 Å². The largest absolute Gasteiger partial charge is 0.380 e. The Labute approximate surface area is 146 Å². The Kier molecular flexibility index (Phi) is 3.36. The van der Waals surface area contributed by atoms with Gasteiger partial charge in [0.2, 0.25) is 0 Å². The van der Waals surface area contributed by atoms with Crippen LogP contribution in [0.15, 0.2) is 42.5 Å². The molecule has 2 aromatic carbocycles. The molecule has 0 atom stereocenters. The van der Waals surface area contributed by atoms with E-state index in [0.717, 1.165) is 10.9 Å². The summed E-state index contributed by atoms with van der Waals surface area (Å²) in [4.78, 5) is 44.8. The molecule has 1 aliphatic heterocycles. The number of H-pyrrole nitrogens is 1. The zero-order valence-corrected chi connectivity index (χ0v) is 13.8. The van der Waals surface area contributed by atoms with Crippen molar-refractivity contribution >= 4 is 40.3 Å². The fourth-order valence-corrected chi connectivity index (χ4v) is 3.14. The number of fused-ring (bicyclic) bond motifs is 2. The molecule has 0 unspecified atom stereocenters. The molecule has 2 amide bonds. The van der Waals surface area contributed by atoms with Crippen LogP contribution in [0.1, 0.15) is 36.8 Å². The number of aryl methyl sites for hydroxylation is 1. The summed E-state index contributed by atoms with van der Waals surface area (Å²) in [6, 6.07) is 11.4. The van der Waals surface area contributed by atoms with Crippen LogP contribution in [0.5, 0.6) is 0 Å². The minimum Gasteiger partial charge on any atom is -0.349 e. The first-order valence-corrected chi connectivity index (χ1v) is 7.82. The van der Waals surface area contributed by atoms with Gasteiger partial charge in [0.05, 0.1) is 11.1 Å². The fraction of sp³-hybridized carbons (Fsp3) is 0.0556. The number of carbonyl (C=O) groups excluding carboxylic acids is 3. The van der Waals surface area contributed by atoms with Crippen molar-refractivity contribution in [2.45, 2.75) is 6.92 Å². The molecule has 6 nitrogen and oxygen atoms in total. The third-order valence-corrected chi connectivity index (χ3v) is 4.28. The van der Waals surface area contributed by atoms with Gasteiger partial charge < -0.3 is 9.82 Å². The van der Waals surface area contributed by atoms with E-state index in [0.29, 0.717) is 15.6 Å². The summed E-state index contributed by atoms with van der Waals surface area (Å²) in [6.07, 6.45) is 0. The number of hydrogen-bond acceptors (Lipinski definition) is 4. The molecule has 0 aliphatic carbocycles. The van der Waals surface area contributed by atoms with E-state index in [9.17, 15) is 14.4 Å². The van der Waals surface area contributed by atoms with Gasteiger partial charge in [-0.15, -0.1) is 0 Å². The maximum absolute atomic E-state index is 12.4. The van der Waals surface area contributed by atoms with Gasteiger partial charge in [-0.25, -0.2) is 4.79 Å². The second-order valence-electron chi connectivity index (χ2n) is 5.70. The Morgan fingerprint density at radius 1 is 1.08 bits per heavy atom. The summed E-state index contributed by atoms with van der Waals surface area (Å²) in [5, 5.41) is 1.82. The van der Waals surface area contributed by atoms with Crippen LogP contribution < -0.4 is 0 Å². The third kappa shape index (κ3) is 2.38. The maximum atomic E-state index is 12.4. The highest BCUT2D eigenvalue weighted by Crippen LogP contribution is 2.26. The monoisotopic (exact) mass is 354 g/mol. The van der Waals surface area contributed by atoms with Crippen molar-refractivity contribution in [3.63, 3.8) is 0 Å². The van der Waals surface area contributed by atoms with Crippen molar-refractivity contribution in [1.29, 1.82) is 0 Å². The molecule has 0 bridgehead atoms. The Morgan fingerprint density at radius 2 is 1.72 bits per heavy atom. The summed E-state index contributed by atoms with van der Waals surface area (Å²) in [5.41, 5.74) is 2.09. The molecule has 4 rings (SSSR count). The number of aromatic nitrogens is 1. The molecule has 0 saturated carbocycles. The van der Waals surface area contributed by atoms with Gasteiger partial charge in [0.1, 0.15) is 5.69 Å². The van der Waals surface area contributed by atoms with Crippen molar-refractivity contribution in [1.82, 2.24) is 10.0 Å². The molecular formula is C18H11ClN2O4. The number of nitrogens with zero attached hydrogens (tertiary/aromatic N) is 1. The van der Waals surface area contributed by atoms with Gasteiger partial charge in [-0.3, -0.25) is 9.59 Å². The first-order chi connectivity index (χ1) is 12.0. The predicted molar refractivity (Wildman–Crippen MR) is 90.4 cm³/mol. The quantitative estimate of drug-likeness (QED) is 0.714.